The molecule has 0 saturated heterocycles. The Morgan fingerprint density at radius 3 is 2.72 bits per heavy atom. The van der Waals surface area contributed by atoms with Gasteiger partial charge in [0.25, 0.3) is 0 Å². The van der Waals surface area contributed by atoms with Crippen molar-refractivity contribution in [2.45, 2.75) is 13.2 Å². The first-order valence-corrected chi connectivity index (χ1v) is 5.64. The zero-order chi connectivity index (χ0) is 12.8. The molecular formula is C14H15NO3. The maximum Gasteiger partial charge on any atom is 0.167 e. The van der Waals surface area contributed by atoms with Crippen molar-refractivity contribution >= 4 is 0 Å². The minimum absolute atomic E-state index is 0.0885. The van der Waals surface area contributed by atoms with Crippen molar-refractivity contribution in [3.8, 4) is 11.5 Å². The summed E-state index contributed by atoms with van der Waals surface area (Å²) in [6.45, 7) is 0.253. The SMILES string of the molecule is COc1cccc(CO)c1OCc1ccccn1. The Morgan fingerprint density at radius 1 is 1.17 bits per heavy atom. The van der Waals surface area contributed by atoms with E-state index in [-0.39, 0.29) is 6.61 Å². The Bertz CT molecular complexity index is 477. The lowest BCUT2D eigenvalue weighted by Gasteiger charge is -2.13. The molecule has 0 aliphatic rings. The van der Waals surface area contributed by atoms with Crippen molar-refractivity contribution in [1.82, 2.24) is 4.98 Å². The molecule has 1 heterocycles. The van der Waals surface area contributed by atoms with E-state index in [4.69, 9.17) is 9.47 Å². The van der Waals surface area contributed by atoms with E-state index in [9.17, 15) is 5.11 Å². The number of methoxy groups -OCH3 is 1. The third kappa shape index (κ3) is 2.78. The number of aromatic nitrogens is 1. The molecule has 0 spiro atoms. The minimum Gasteiger partial charge on any atom is -0.493 e. The van der Waals surface area contributed by atoms with Crippen LogP contribution in [-0.4, -0.2) is 17.2 Å². The van der Waals surface area contributed by atoms with E-state index in [0.29, 0.717) is 23.7 Å². The van der Waals surface area contributed by atoms with Crippen molar-refractivity contribution in [3.05, 3.63) is 53.9 Å². The smallest absolute Gasteiger partial charge is 0.167 e. The van der Waals surface area contributed by atoms with E-state index in [2.05, 4.69) is 4.98 Å². The van der Waals surface area contributed by atoms with Crippen molar-refractivity contribution < 1.29 is 14.6 Å². The van der Waals surface area contributed by atoms with E-state index >= 15 is 0 Å². The summed E-state index contributed by atoms with van der Waals surface area (Å²) in [4.78, 5) is 4.18. The molecule has 4 nitrogen and oxygen atoms in total. The number of aliphatic hydroxyl groups excluding tert-OH is 1. The predicted molar refractivity (Wildman–Crippen MR) is 67.5 cm³/mol. The van der Waals surface area contributed by atoms with Crippen LogP contribution in [0.2, 0.25) is 0 Å². The molecule has 2 aromatic rings. The van der Waals surface area contributed by atoms with Gasteiger partial charge in [-0.1, -0.05) is 18.2 Å². The fourth-order valence-corrected chi connectivity index (χ4v) is 1.64. The van der Waals surface area contributed by atoms with Gasteiger partial charge in [0.1, 0.15) is 6.61 Å². The van der Waals surface area contributed by atoms with Crippen LogP contribution >= 0.6 is 0 Å². The summed E-state index contributed by atoms with van der Waals surface area (Å²) in [5.74, 6) is 1.17. The quantitative estimate of drug-likeness (QED) is 0.877. The number of hydrogen-bond acceptors (Lipinski definition) is 4. The third-order valence-electron chi connectivity index (χ3n) is 2.54. The molecule has 0 bridgehead atoms. The highest BCUT2D eigenvalue weighted by Crippen LogP contribution is 2.31. The summed E-state index contributed by atoms with van der Waals surface area (Å²) in [7, 11) is 1.57. The van der Waals surface area contributed by atoms with Gasteiger partial charge in [-0.3, -0.25) is 4.98 Å². The molecule has 18 heavy (non-hydrogen) atoms. The lowest BCUT2D eigenvalue weighted by Crippen LogP contribution is -2.02. The topological polar surface area (TPSA) is 51.6 Å². The Balaban J connectivity index is 2.17. The van der Waals surface area contributed by atoms with Gasteiger partial charge in [-0.2, -0.15) is 0 Å². The van der Waals surface area contributed by atoms with Crippen LogP contribution in [0.4, 0.5) is 0 Å². The Hall–Kier alpha value is -2.07. The van der Waals surface area contributed by atoms with Gasteiger partial charge in [0.2, 0.25) is 0 Å². The number of nitrogens with zero attached hydrogens (tertiary/aromatic N) is 1. The Kier molecular flexibility index (Phi) is 4.15. The van der Waals surface area contributed by atoms with Crippen molar-refractivity contribution in [1.29, 1.82) is 0 Å². The van der Waals surface area contributed by atoms with Gasteiger partial charge in [-0.05, 0) is 18.2 Å². The van der Waals surface area contributed by atoms with Crippen LogP contribution in [0.3, 0.4) is 0 Å². The van der Waals surface area contributed by atoms with Gasteiger partial charge in [-0.15, -0.1) is 0 Å². The van der Waals surface area contributed by atoms with Gasteiger partial charge in [0, 0.05) is 11.8 Å². The summed E-state index contributed by atoms with van der Waals surface area (Å²) >= 11 is 0. The van der Waals surface area contributed by atoms with Crippen LogP contribution in [0.1, 0.15) is 11.3 Å². The number of ether oxygens (including phenoxy) is 2. The van der Waals surface area contributed by atoms with E-state index < -0.39 is 0 Å². The fourth-order valence-electron chi connectivity index (χ4n) is 1.64. The molecule has 0 saturated carbocycles. The maximum absolute atomic E-state index is 9.28. The molecule has 0 fully saturated rings. The average molecular weight is 245 g/mol. The first-order valence-electron chi connectivity index (χ1n) is 5.64. The molecule has 0 amide bonds. The molecule has 4 heteroatoms. The molecule has 0 radical (unpaired) electrons. The Labute approximate surface area is 106 Å². The number of aliphatic hydroxyl groups is 1. The van der Waals surface area contributed by atoms with Crippen LogP contribution in [0.15, 0.2) is 42.6 Å². The monoisotopic (exact) mass is 245 g/mol. The standard InChI is InChI=1S/C14H15NO3/c1-17-13-7-4-5-11(9-16)14(13)18-10-12-6-2-3-8-15-12/h2-8,16H,9-10H2,1H3. The molecule has 2 rings (SSSR count). The molecule has 1 N–H and O–H groups in total. The molecule has 1 aromatic carbocycles. The number of benzene rings is 1. The predicted octanol–water partition coefficient (Wildman–Crippen LogP) is 2.16. The van der Waals surface area contributed by atoms with Gasteiger partial charge >= 0.3 is 0 Å². The second-order valence-electron chi connectivity index (χ2n) is 3.72. The highest BCUT2D eigenvalue weighted by atomic mass is 16.5. The molecule has 0 aliphatic carbocycles. The van der Waals surface area contributed by atoms with Gasteiger partial charge in [0.15, 0.2) is 11.5 Å². The van der Waals surface area contributed by atoms with Gasteiger partial charge in [0.05, 0.1) is 19.4 Å². The van der Waals surface area contributed by atoms with Crippen LogP contribution in [0, 0.1) is 0 Å². The molecule has 1 aromatic heterocycles. The minimum atomic E-state index is -0.0885. The number of pyridine rings is 1. The lowest BCUT2D eigenvalue weighted by atomic mass is 10.2. The van der Waals surface area contributed by atoms with E-state index in [1.54, 1.807) is 25.4 Å². The molecule has 0 unspecified atom stereocenters. The highest BCUT2D eigenvalue weighted by Gasteiger charge is 2.10. The van der Waals surface area contributed by atoms with Gasteiger partial charge in [-0.25, -0.2) is 0 Å². The van der Waals surface area contributed by atoms with Crippen LogP contribution < -0.4 is 9.47 Å². The normalized spacial score (nSPS) is 10.1. The molecular weight excluding hydrogens is 230 g/mol. The van der Waals surface area contributed by atoms with Crippen molar-refractivity contribution in [2.75, 3.05) is 7.11 Å². The molecule has 0 aliphatic heterocycles. The lowest BCUT2D eigenvalue weighted by molar-refractivity contribution is 0.248. The summed E-state index contributed by atoms with van der Waals surface area (Å²) in [5, 5.41) is 9.28. The Morgan fingerprint density at radius 2 is 2.06 bits per heavy atom. The van der Waals surface area contributed by atoms with E-state index in [0.717, 1.165) is 5.69 Å². The highest BCUT2D eigenvalue weighted by molar-refractivity contribution is 5.46. The van der Waals surface area contributed by atoms with Crippen LogP contribution in [0.5, 0.6) is 11.5 Å². The number of rotatable bonds is 5. The number of para-hydroxylation sites is 1. The molecule has 94 valence electrons. The average Bonchev–Trinajstić information content (AvgIpc) is 2.45. The summed E-state index contributed by atoms with van der Waals surface area (Å²) in [5.41, 5.74) is 1.53. The third-order valence-corrected chi connectivity index (χ3v) is 2.54. The van der Waals surface area contributed by atoms with Crippen molar-refractivity contribution in [3.63, 3.8) is 0 Å². The van der Waals surface area contributed by atoms with E-state index in [1.165, 1.54) is 0 Å². The second-order valence-corrected chi connectivity index (χ2v) is 3.72. The second kappa shape index (κ2) is 6.02. The maximum atomic E-state index is 9.28. The first-order chi connectivity index (χ1) is 8.85. The zero-order valence-corrected chi connectivity index (χ0v) is 10.2. The first kappa shape index (κ1) is 12.4. The van der Waals surface area contributed by atoms with E-state index in [1.807, 2.05) is 24.3 Å². The summed E-state index contributed by atoms with van der Waals surface area (Å²) in [6, 6.07) is 11.1. The molecule has 0 atom stereocenters. The van der Waals surface area contributed by atoms with Crippen LogP contribution in [-0.2, 0) is 13.2 Å². The number of hydrogen-bond donors (Lipinski definition) is 1. The summed E-state index contributed by atoms with van der Waals surface area (Å²) < 4.78 is 10.9. The zero-order valence-electron chi connectivity index (χ0n) is 10.2. The largest absolute Gasteiger partial charge is 0.493 e. The summed E-state index contributed by atoms with van der Waals surface area (Å²) in [6.07, 6.45) is 1.72. The fraction of sp³-hybridized carbons (Fsp3) is 0.214. The van der Waals surface area contributed by atoms with Gasteiger partial charge < -0.3 is 14.6 Å². The van der Waals surface area contributed by atoms with Crippen LogP contribution in [0.25, 0.3) is 0 Å². The van der Waals surface area contributed by atoms with Crippen molar-refractivity contribution in [2.24, 2.45) is 0 Å².